The van der Waals surface area contributed by atoms with Crippen molar-refractivity contribution >= 4 is 0 Å². The van der Waals surface area contributed by atoms with Gasteiger partial charge < -0.3 is 4.74 Å². The highest BCUT2D eigenvalue weighted by Gasteiger charge is 2.46. The largest absolute Gasteiger partial charge is 0.378 e. The van der Waals surface area contributed by atoms with Crippen molar-refractivity contribution < 1.29 is 4.74 Å². The number of likely N-dealkylation sites (tertiary alicyclic amines) is 1. The standard InChI is InChI=1S/C18H28N2O/c1-15(2)14-21-17-11-18(12-17)6-9-20(10-7-18)13-16-5-3-4-8-19-16/h3-5,8,15,17H,6-7,9-14H2,1-2H3. The molecule has 3 heteroatoms. The number of hydrogen-bond acceptors (Lipinski definition) is 3. The Bertz CT molecular complexity index is 430. The fraction of sp³-hybridized carbons (Fsp3) is 0.722. The van der Waals surface area contributed by atoms with Crippen LogP contribution in [0.3, 0.4) is 0 Å². The van der Waals surface area contributed by atoms with E-state index in [2.05, 4.69) is 35.9 Å². The Hall–Kier alpha value is -0.930. The van der Waals surface area contributed by atoms with Crippen LogP contribution in [0.4, 0.5) is 0 Å². The smallest absolute Gasteiger partial charge is 0.0585 e. The topological polar surface area (TPSA) is 25.4 Å². The van der Waals surface area contributed by atoms with E-state index in [-0.39, 0.29) is 0 Å². The lowest BCUT2D eigenvalue weighted by atomic mass is 9.61. The lowest BCUT2D eigenvalue weighted by Gasteiger charge is -2.52. The van der Waals surface area contributed by atoms with Crippen LogP contribution in [0, 0.1) is 11.3 Å². The van der Waals surface area contributed by atoms with Gasteiger partial charge in [-0.3, -0.25) is 9.88 Å². The summed E-state index contributed by atoms with van der Waals surface area (Å²) in [7, 11) is 0. The van der Waals surface area contributed by atoms with Crippen LogP contribution >= 0.6 is 0 Å². The first-order chi connectivity index (χ1) is 10.2. The highest BCUT2D eigenvalue weighted by molar-refractivity contribution is 5.04. The summed E-state index contributed by atoms with van der Waals surface area (Å²) in [6.45, 7) is 8.81. The normalized spacial score (nSPS) is 22.6. The fourth-order valence-electron chi connectivity index (χ4n) is 3.67. The first-order valence-corrected chi connectivity index (χ1v) is 8.39. The van der Waals surface area contributed by atoms with E-state index < -0.39 is 0 Å². The van der Waals surface area contributed by atoms with Gasteiger partial charge in [-0.15, -0.1) is 0 Å². The molecule has 1 aliphatic heterocycles. The van der Waals surface area contributed by atoms with Crippen molar-refractivity contribution in [3.63, 3.8) is 0 Å². The number of ether oxygens (including phenoxy) is 1. The molecule has 3 rings (SSSR count). The summed E-state index contributed by atoms with van der Waals surface area (Å²) in [6, 6.07) is 6.19. The summed E-state index contributed by atoms with van der Waals surface area (Å²) in [6.07, 6.45) is 7.68. The van der Waals surface area contributed by atoms with Crippen LogP contribution in [0.5, 0.6) is 0 Å². The minimum atomic E-state index is 0.537. The molecule has 1 saturated heterocycles. The van der Waals surface area contributed by atoms with Crippen LogP contribution in [0.2, 0.25) is 0 Å². The van der Waals surface area contributed by atoms with Gasteiger partial charge in [0.25, 0.3) is 0 Å². The van der Waals surface area contributed by atoms with E-state index in [4.69, 9.17) is 4.74 Å². The Balaban J connectivity index is 1.40. The van der Waals surface area contributed by atoms with Crippen LogP contribution in [-0.4, -0.2) is 35.7 Å². The van der Waals surface area contributed by atoms with Crippen molar-refractivity contribution in [1.29, 1.82) is 0 Å². The van der Waals surface area contributed by atoms with Gasteiger partial charge in [0.1, 0.15) is 0 Å². The molecule has 1 aromatic heterocycles. The van der Waals surface area contributed by atoms with Crippen LogP contribution in [0.15, 0.2) is 24.4 Å². The van der Waals surface area contributed by atoms with E-state index in [0.29, 0.717) is 17.4 Å². The zero-order valence-corrected chi connectivity index (χ0v) is 13.4. The second-order valence-corrected chi connectivity index (χ2v) is 7.35. The van der Waals surface area contributed by atoms with E-state index in [1.54, 1.807) is 0 Å². The molecule has 0 unspecified atom stereocenters. The third-order valence-corrected chi connectivity index (χ3v) is 5.02. The molecule has 1 aliphatic carbocycles. The molecule has 1 saturated carbocycles. The summed E-state index contributed by atoms with van der Waals surface area (Å²) < 4.78 is 5.97. The molecule has 3 nitrogen and oxygen atoms in total. The van der Waals surface area contributed by atoms with Gasteiger partial charge in [-0.1, -0.05) is 19.9 Å². The van der Waals surface area contributed by atoms with Crippen molar-refractivity contribution in [2.45, 2.75) is 52.2 Å². The number of aromatic nitrogens is 1. The van der Waals surface area contributed by atoms with E-state index in [0.717, 1.165) is 13.2 Å². The molecule has 0 atom stereocenters. The van der Waals surface area contributed by atoms with E-state index >= 15 is 0 Å². The molecule has 21 heavy (non-hydrogen) atoms. The predicted octanol–water partition coefficient (Wildman–Crippen LogP) is 3.50. The molecular formula is C18H28N2O. The Kier molecular flexibility index (Phi) is 4.60. The Morgan fingerprint density at radius 2 is 2.05 bits per heavy atom. The van der Waals surface area contributed by atoms with Gasteiger partial charge in [0, 0.05) is 19.3 Å². The number of rotatable bonds is 5. The van der Waals surface area contributed by atoms with Crippen molar-refractivity contribution in [1.82, 2.24) is 9.88 Å². The first-order valence-electron chi connectivity index (χ1n) is 8.39. The molecule has 1 spiro atoms. The van der Waals surface area contributed by atoms with Crippen molar-refractivity contribution in [3.05, 3.63) is 30.1 Å². The molecule has 2 fully saturated rings. The number of hydrogen-bond donors (Lipinski definition) is 0. The zero-order valence-electron chi connectivity index (χ0n) is 13.4. The summed E-state index contributed by atoms with van der Waals surface area (Å²) in [5.74, 6) is 0.654. The third kappa shape index (κ3) is 3.83. The number of nitrogens with zero attached hydrogens (tertiary/aromatic N) is 2. The predicted molar refractivity (Wildman–Crippen MR) is 85.0 cm³/mol. The molecule has 0 amide bonds. The maximum absolute atomic E-state index is 5.97. The van der Waals surface area contributed by atoms with Gasteiger partial charge in [-0.05, 0) is 62.2 Å². The van der Waals surface area contributed by atoms with Gasteiger partial charge in [0.2, 0.25) is 0 Å². The minimum Gasteiger partial charge on any atom is -0.378 e. The average Bonchev–Trinajstić information content (AvgIpc) is 2.45. The van der Waals surface area contributed by atoms with Crippen molar-refractivity contribution in [2.24, 2.45) is 11.3 Å². The molecular weight excluding hydrogens is 260 g/mol. The lowest BCUT2D eigenvalue weighted by molar-refractivity contribution is -0.110. The van der Waals surface area contributed by atoms with Crippen LogP contribution in [-0.2, 0) is 11.3 Å². The molecule has 2 heterocycles. The zero-order chi connectivity index (χ0) is 14.7. The Morgan fingerprint density at radius 3 is 2.67 bits per heavy atom. The van der Waals surface area contributed by atoms with E-state index in [9.17, 15) is 0 Å². The molecule has 116 valence electrons. The van der Waals surface area contributed by atoms with Gasteiger partial charge in [0.05, 0.1) is 11.8 Å². The van der Waals surface area contributed by atoms with Crippen LogP contribution in [0.25, 0.3) is 0 Å². The molecule has 0 aromatic carbocycles. The number of piperidine rings is 1. The lowest BCUT2D eigenvalue weighted by Crippen LogP contribution is -2.49. The van der Waals surface area contributed by atoms with Gasteiger partial charge in [-0.25, -0.2) is 0 Å². The molecule has 2 aliphatic rings. The maximum atomic E-state index is 5.97. The SMILES string of the molecule is CC(C)COC1CC2(CCN(Cc3ccccn3)CC2)C1. The summed E-state index contributed by atoms with van der Waals surface area (Å²) in [4.78, 5) is 6.99. The van der Waals surface area contributed by atoms with Gasteiger partial charge >= 0.3 is 0 Å². The Morgan fingerprint density at radius 1 is 1.29 bits per heavy atom. The molecule has 0 N–H and O–H groups in total. The minimum absolute atomic E-state index is 0.537. The summed E-state index contributed by atoms with van der Waals surface area (Å²) in [5.41, 5.74) is 1.79. The first kappa shape index (κ1) is 15.0. The molecule has 0 bridgehead atoms. The maximum Gasteiger partial charge on any atom is 0.0585 e. The highest BCUT2D eigenvalue weighted by atomic mass is 16.5. The van der Waals surface area contributed by atoms with E-state index in [1.165, 1.54) is 44.5 Å². The Labute approximate surface area is 128 Å². The number of pyridine rings is 1. The molecule has 1 aromatic rings. The third-order valence-electron chi connectivity index (χ3n) is 5.02. The van der Waals surface area contributed by atoms with E-state index in [1.807, 2.05) is 12.3 Å². The average molecular weight is 288 g/mol. The quantitative estimate of drug-likeness (QED) is 0.829. The van der Waals surface area contributed by atoms with Crippen molar-refractivity contribution in [2.75, 3.05) is 19.7 Å². The van der Waals surface area contributed by atoms with Gasteiger partial charge in [-0.2, -0.15) is 0 Å². The second-order valence-electron chi connectivity index (χ2n) is 7.35. The van der Waals surface area contributed by atoms with Gasteiger partial charge in [0.15, 0.2) is 0 Å². The fourth-order valence-corrected chi connectivity index (χ4v) is 3.67. The molecule has 0 radical (unpaired) electrons. The summed E-state index contributed by atoms with van der Waals surface area (Å²) >= 11 is 0. The highest BCUT2D eigenvalue weighted by Crippen LogP contribution is 2.50. The second kappa shape index (κ2) is 6.45. The monoisotopic (exact) mass is 288 g/mol. The summed E-state index contributed by atoms with van der Waals surface area (Å²) in [5, 5.41) is 0. The van der Waals surface area contributed by atoms with Crippen LogP contribution in [0.1, 0.15) is 45.2 Å². The van der Waals surface area contributed by atoms with Crippen LogP contribution < -0.4 is 0 Å². The van der Waals surface area contributed by atoms with Crippen molar-refractivity contribution in [3.8, 4) is 0 Å².